The molecule has 0 bridgehead atoms. The average Bonchev–Trinajstić information content (AvgIpc) is 1.11. The van der Waals surface area contributed by atoms with Gasteiger partial charge in [-0.3, -0.25) is 33.6 Å². The number of carbonyl (C=O) groups excluding carboxylic acids is 7. The molecule has 4 amide bonds. The summed E-state index contributed by atoms with van der Waals surface area (Å²) in [6.45, 7) is 105. The van der Waals surface area contributed by atoms with Crippen LogP contribution in [0.5, 0.6) is 0 Å². The molecule has 5 aliphatic carbocycles. The van der Waals surface area contributed by atoms with Crippen LogP contribution in [0.4, 0.5) is 0 Å². The van der Waals surface area contributed by atoms with Crippen LogP contribution in [0.3, 0.4) is 0 Å². The van der Waals surface area contributed by atoms with Gasteiger partial charge in [-0.2, -0.15) is 0 Å². The van der Waals surface area contributed by atoms with Crippen LogP contribution in [0, 0.1) is 84.7 Å². The van der Waals surface area contributed by atoms with Crippen LogP contribution in [-0.4, -0.2) is 148 Å². The zero-order valence-electron chi connectivity index (χ0n) is 100. The van der Waals surface area contributed by atoms with Gasteiger partial charge in [0.15, 0.2) is 0 Å². The van der Waals surface area contributed by atoms with E-state index in [1.807, 2.05) is 97.8 Å². The maximum absolute atomic E-state index is 11.9. The molecule has 0 aromatic carbocycles. The van der Waals surface area contributed by atoms with Gasteiger partial charge in [0.1, 0.15) is 17.3 Å². The molecule has 0 aromatic rings. The summed E-state index contributed by atoms with van der Waals surface area (Å²) >= 11 is 0. The highest BCUT2D eigenvalue weighted by Gasteiger charge is 2.34. The number of ketones is 3. The van der Waals surface area contributed by atoms with E-state index in [0.717, 1.165) is 146 Å². The van der Waals surface area contributed by atoms with Gasteiger partial charge in [0, 0.05) is 139 Å². The number of unbranched alkanes of at least 4 members (excludes halogenated alkanes) is 1. The Morgan fingerprint density at radius 3 is 1.01 bits per heavy atom. The molecular weight excluding hydrogens is 1680 g/mol. The van der Waals surface area contributed by atoms with Gasteiger partial charge in [-0.15, -0.1) is 0 Å². The third kappa shape index (κ3) is 91.9. The normalized spacial score (nSPS) is 17.9. The third-order valence-electron chi connectivity index (χ3n) is 24.7. The van der Waals surface area contributed by atoms with E-state index in [4.69, 9.17) is 0 Å². The highest BCUT2D eigenvalue weighted by atomic mass is 16.2. The van der Waals surface area contributed by atoms with E-state index < -0.39 is 0 Å². The van der Waals surface area contributed by atoms with Gasteiger partial charge in [-0.25, -0.2) is 0 Å². The number of carbonyl (C=O) groups is 7. The number of rotatable bonds is 19. The van der Waals surface area contributed by atoms with Crippen molar-refractivity contribution < 1.29 is 33.6 Å². The maximum atomic E-state index is 11.9. The molecule has 810 valence electrons. The van der Waals surface area contributed by atoms with Gasteiger partial charge in [0.25, 0.3) is 0 Å². The number of amides is 4. The fourth-order valence-electron chi connectivity index (χ4n) is 17.3. The van der Waals surface area contributed by atoms with Crippen molar-refractivity contribution >= 4 is 41.0 Å². The number of likely N-dealkylation sites (tertiary alicyclic amines) is 3. The van der Waals surface area contributed by atoms with Crippen LogP contribution in [0.15, 0.2) is 0 Å². The molecule has 0 radical (unpaired) electrons. The van der Waals surface area contributed by atoms with Gasteiger partial charge in [-0.05, 0) is 283 Å². The molecule has 3 aliphatic heterocycles. The Morgan fingerprint density at radius 2 is 0.691 bits per heavy atom. The molecule has 5 saturated carbocycles. The Bertz CT molecular complexity index is 3030. The van der Waals surface area contributed by atoms with Gasteiger partial charge in [0.05, 0.1) is 0 Å². The predicted octanol–water partition coefficient (Wildman–Crippen LogP) is 32.0. The van der Waals surface area contributed by atoms with Crippen molar-refractivity contribution in [2.45, 2.75) is 596 Å². The van der Waals surface area contributed by atoms with E-state index in [2.05, 4.69) is 255 Å². The molecule has 0 spiro atoms. The molecule has 5 N–H and O–H groups in total. The van der Waals surface area contributed by atoms with Crippen molar-refractivity contribution in [1.29, 1.82) is 0 Å². The lowest BCUT2D eigenvalue weighted by Gasteiger charge is -2.34. The lowest BCUT2D eigenvalue weighted by atomic mass is 9.80. The largest absolute Gasteiger partial charge is 0.355 e. The minimum absolute atomic E-state index is 0.161. The second-order valence-electron chi connectivity index (χ2n) is 57.7. The molecule has 0 aromatic heterocycles. The van der Waals surface area contributed by atoms with E-state index in [1.54, 1.807) is 0 Å². The lowest BCUT2D eigenvalue weighted by Crippen LogP contribution is -2.48. The Morgan fingerprint density at radius 1 is 0.338 bits per heavy atom. The topological polar surface area (TPSA) is 189 Å². The monoisotopic (exact) mass is 1920 g/mol. The van der Waals surface area contributed by atoms with E-state index >= 15 is 0 Å². The van der Waals surface area contributed by atoms with Gasteiger partial charge in [-0.1, -0.05) is 317 Å². The molecule has 15 heteroatoms. The molecule has 8 fully saturated rings. The fourth-order valence-corrected chi connectivity index (χ4v) is 17.3. The first-order valence-electron chi connectivity index (χ1n) is 56.4. The molecule has 3 heterocycles. The van der Waals surface area contributed by atoms with E-state index in [0.29, 0.717) is 63.4 Å². The number of hydrogen-bond acceptors (Lipinski definition) is 11. The Labute approximate surface area is 850 Å². The van der Waals surface area contributed by atoms with Crippen LogP contribution >= 0.6 is 0 Å². The quantitative estimate of drug-likeness (QED) is 0.0774. The van der Waals surface area contributed by atoms with Crippen molar-refractivity contribution in [3.8, 4) is 0 Å². The smallest absolute Gasteiger partial charge is 0.227 e. The summed E-state index contributed by atoms with van der Waals surface area (Å²) in [6.07, 6.45) is 48.4. The number of nitrogens with one attached hydrogen (secondary N) is 5. The zero-order chi connectivity index (χ0) is 106. The summed E-state index contributed by atoms with van der Waals surface area (Å²) in [4.78, 5) is 87.6. The summed E-state index contributed by atoms with van der Waals surface area (Å²) < 4.78 is 0. The number of nitrogens with zero attached hydrogens (tertiary/aromatic N) is 3. The van der Waals surface area contributed by atoms with Crippen LogP contribution in [0.2, 0.25) is 0 Å². The van der Waals surface area contributed by atoms with Crippen molar-refractivity contribution in [3.05, 3.63) is 0 Å². The first-order valence-corrected chi connectivity index (χ1v) is 56.4. The summed E-state index contributed by atoms with van der Waals surface area (Å²) in [5.74, 6) is 7.65. The molecule has 136 heavy (non-hydrogen) atoms. The lowest BCUT2D eigenvalue weighted by molar-refractivity contribution is -0.141. The third-order valence-corrected chi connectivity index (χ3v) is 24.7. The molecule has 8 rings (SSSR count). The Kier molecular flexibility index (Phi) is 69.7. The standard InChI is InChI=1S/2C12H22O.C12H24.2C11H21NO.C11H22O.C10H19NO.C9H17NO.C9H19N.3C8H19N/c1-12(2,3)9-11(13)8-10-6-4-5-7-10;1-12(2,3)9-11(13)10-7-5-4-6-8-10;1-12(2,3)10-9-11-7-5-4-6-8-11;1-9-5-7-12(8-6-9)10(13)11(2,3)4;1-11(2,3)10(13)12-8-6-4-5-7-9-12;1-9(2)6-7-10(12)8-11(3,4)5;1-10(2,3)9(12)11-7-5-4-6-8-11;1-9(2,3)8(11)10-6-7-4-5-7;1-9(2,3)10-8-6-4-5-7-8;1-7(2)6-9-8(3,4)5;1-7(2,3)9-8(4,5)6;1-5-6-7-9-8(2,3)4/h2*10H,4-9H2,1-3H3;11H,4-10H2,1-3H3;9H,5-8H2,1-4H3;4-9H2,1-3H3;9H,6-8H2,1-5H3;4-8H2,1-3H3;7H,4-6H2,1-3H3,(H,10,11);8,10H,4-7H2,1-3H3;7,9H,6H2,1-5H3;9H,1-6H3;9H,5-7H2,1-4H3. The maximum Gasteiger partial charge on any atom is 0.227 e. The minimum atomic E-state index is -0.227. The first-order chi connectivity index (χ1) is 61.6. The molecule has 15 nitrogen and oxygen atoms in total. The average molecular weight is 1920 g/mol. The summed E-state index contributed by atoms with van der Waals surface area (Å²) in [5, 5.41) is 16.9. The summed E-state index contributed by atoms with van der Waals surface area (Å²) in [6, 6.07) is 0.806. The second kappa shape index (κ2) is 68.2. The minimum Gasteiger partial charge on any atom is -0.355 e. The fraction of sp³-hybridized carbons (Fsp3) is 0.942. The van der Waals surface area contributed by atoms with Gasteiger partial charge in [0.2, 0.25) is 23.6 Å². The molecule has 0 unspecified atom stereocenters. The van der Waals surface area contributed by atoms with Crippen LogP contribution in [0.25, 0.3) is 0 Å². The van der Waals surface area contributed by atoms with E-state index in [9.17, 15) is 33.6 Å². The van der Waals surface area contributed by atoms with Crippen LogP contribution in [0.1, 0.15) is 562 Å². The Balaban J connectivity index is -0.000000701. The number of Topliss-reactive ketones (excluding diaryl/α,β-unsaturated/α-hetero) is 3. The van der Waals surface area contributed by atoms with Crippen LogP contribution < -0.4 is 26.6 Å². The summed E-state index contributed by atoms with van der Waals surface area (Å²) in [5.41, 5.74) is 1.60. The second-order valence-corrected chi connectivity index (χ2v) is 57.7. The highest BCUT2D eigenvalue weighted by Crippen LogP contribution is 2.35. The van der Waals surface area contributed by atoms with Crippen LogP contribution in [-0.2, 0) is 33.6 Å². The van der Waals surface area contributed by atoms with Crippen molar-refractivity contribution in [1.82, 2.24) is 41.3 Å². The van der Waals surface area contributed by atoms with E-state index in [1.165, 1.54) is 199 Å². The summed E-state index contributed by atoms with van der Waals surface area (Å²) in [7, 11) is 0. The predicted molar refractivity (Wildman–Crippen MR) is 597 cm³/mol. The first kappa shape index (κ1) is 139. The van der Waals surface area contributed by atoms with Gasteiger partial charge >= 0.3 is 0 Å². The zero-order valence-corrected chi connectivity index (χ0v) is 100. The molecule has 0 atom stereocenters. The van der Waals surface area contributed by atoms with Crippen molar-refractivity contribution in [2.24, 2.45) is 84.7 Å². The van der Waals surface area contributed by atoms with Crippen molar-refractivity contribution in [2.75, 3.05) is 58.9 Å². The number of piperidine rings is 2. The van der Waals surface area contributed by atoms with Crippen molar-refractivity contribution in [3.63, 3.8) is 0 Å². The molecule has 3 saturated heterocycles. The SMILES string of the molecule is CC(C)(C)C(=O)N1CCCCC1.CC(C)(C)C(=O)N1CCCCCC1.CC(C)(C)C(=O)NCC1CC1.CC(C)(C)CC(=O)C1CCCCC1.CC(C)(C)CC(=O)CC1CCCC1.CC(C)(C)CCC1CCCCC1.CC(C)(C)NC(C)(C)C.CC(C)(C)NC1CCCC1.CC(C)CCC(=O)CC(C)(C)C.CC(C)CNC(C)(C)C.CC1CCN(C(=O)C(C)(C)C)CC1.CCCCNC(C)(C)C. The van der Waals surface area contributed by atoms with E-state index in [-0.39, 0.29) is 60.4 Å². The number of hydrogen-bond donors (Lipinski definition) is 5. The molecule has 8 aliphatic rings. The molecular formula is C121H244N8O7. The highest BCUT2D eigenvalue weighted by molar-refractivity contribution is 5.84. The van der Waals surface area contributed by atoms with Gasteiger partial charge < -0.3 is 41.3 Å². The Hall–Kier alpha value is -3.27.